The number of nitrogens with one attached hydrogen (secondary N) is 2. The average Bonchev–Trinajstić information content (AvgIpc) is 3.18. The summed E-state index contributed by atoms with van der Waals surface area (Å²) in [6.07, 6.45) is 2.10. The van der Waals surface area contributed by atoms with Gasteiger partial charge in [-0.2, -0.15) is 0 Å². The molecule has 4 rings (SSSR count). The fraction of sp³-hybridized carbons (Fsp3) is 0.318. The third kappa shape index (κ3) is 4.48. The van der Waals surface area contributed by atoms with Gasteiger partial charge in [-0.25, -0.2) is 4.39 Å². The first-order valence-electron chi connectivity index (χ1n) is 9.91. The Morgan fingerprint density at radius 3 is 2.70 bits per heavy atom. The Bertz CT molecular complexity index is 980. The van der Waals surface area contributed by atoms with Crippen LogP contribution in [-0.4, -0.2) is 36.6 Å². The molecule has 1 atom stereocenters. The van der Waals surface area contributed by atoms with Crippen molar-refractivity contribution in [1.29, 1.82) is 0 Å². The number of halogens is 1. The summed E-state index contributed by atoms with van der Waals surface area (Å²) < 4.78 is 13.6. The minimum absolute atomic E-state index is 0.0893. The average molecular weight is 428 g/mol. The molecule has 6 nitrogen and oxygen atoms in total. The van der Waals surface area contributed by atoms with Gasteiger partial charge in [0, 0.05) is 34.9 Å². The summed E-state index contributed by atoms with van der Waals surface area (Å²) >= 11 is 1.64. The Morgan fingerprint density at radius 1 is 1.17 bits per heavy atom. The van der Waals surface area contributed by atoms with Crippen LogP contribution in [-0.2, 0) is 9.59 Å². The number of fused-ring (bicyclic) bond motifs is 1. The van der Waals surface area contributed by atoms with Gasteiger partial charge in [0.1, 0.15) is 5.82 Å². The highest BCUT2D eigenvalue weighted by Gasteiger charge is 2.24. The number of anilines is 1. The van der Waals surface area contributed by atoms with Crippen LogP contribution in [0.1, 0.15) is 41.2 Å². The minimum atomic E-state index is -0.366. The molecule has 2 heterocycles. The highest BCUT2D eigenvalue weighted by molar-refractivity contribution is 7.99. The number of amides is 3. The van der Waals surface area contributed by atoms with Crippen LogP contribution in [0.5, 0.6) is 0 Å². The van der Waals surface area contributed by atoms with Crippen molar-refractivity contribution in [2.75, 3.05) is 23.7 Å². The van der Waals surface area contributed by atoms with Crippen LogP contribution in [0, 0.1) is 5.82 Å². The molecule has 0 unspecified atom stereocenters. The maximum Gasteiger partial charge on any atom is 0.251 e. The van der Waals surface area contributed by atoms with E-state index in [1.807, 2.05) is 0 Å². The second-order valence-electron chi connectivity index (χ2n) is 7.32. The van der Waals surface area contributed by atoms with E-state index < -0.39 is 0 Å². The van der Waals surface area contributed by atoms with Crippen LogP contribution in [0.15, 0.2) is 47.4 Å². The summed E-state index contributed by atoms with van der Waals surface area (Å²) in [5, 5.41) is 5.49. The van der Waals surface area contributed by atoms with Gasteiger partial charge in [0.2, 0.25) is 11.8 Å². The number of rotatable bonds is 5. The molecule has 8 heteroatoms. The minimum Gasteiger partial charge on any atom is -0.348 e. The van der Waals surface area contributed by atoms with Crippen molar-refractivity contribution in [2.24, 2.45) is 0 Å². The van der Waals surface area contributed by atoms with Gasteiger partial charge in [-0.15, -0.1) is 11.8 Å². The number of hydrogen-bond donors (Lipinski definition) is 2. The third-order valence-corrected chi connectivity index (χ3v) is 6.39. The molecule has 0 aromatic heterocycles. The van der Waals surface area contributed by atoms with Crippen molar-refractivity contribution in [2.45, 2.75) is 30.2 Å². The molecule has 0 aliphatic carbocycles. The van der Waals surface area contributed by atoms with Gasteiger partial charge in [0.05, 0.1) is 12.6 Å². The molecule has 0 bridgehead atoms. The molecule has 0 radical (unpaired) electrons. The predicted molar refractivity (Wildman–Crippen MR) is 113 cm³/mol. The van der Waals surface area contributed by atoms with Crippen molar-refractivity contribution in [3.63, 3.8) is 0 Å². The smallest absolute Gasteiger partial charge is 0.251 e. The Labute approximate surface area is 178 Å². The van der Waals surface area contributed by atoms with Crippen LogP contribution in [0.3, 0.4) is 0 Å². The van der Waals surface area contributed by atoms with E-state index in [2.05, 4.69) is 10.6 Å². The molecule has 2 N–H and O–H groups in total. The standard InChI is InChI=1S/C22H22FN3O3S/c23-15-5-8-19-17(12-15)18(9-11-30-19)25-20(27)13-24-22(29)14-3-6-16(7-4-14)26-10-1-2-21(26)28/h3-8,12,18H,1-2,9-11,13H2,(H,24,29)(H,25,27)/t18-/m0/s1. The molecule has 2 aliphatic heterocycles. The molecule has 0 spiro atoms. The molecular weight excluding hydrogens is 405 g/mol. The van der Waals surface area contributed by atoms with Crippen LogP contribution in [0.4, 0.5) is 10.1 Å². The third-order valence-electron chi connectivity index (χ3n) is 5.27. The lowest BCUT2D eigenvalue weighted by Crippen LogP contribution is -2.39. The number of hydrogen-bond acceptors (Lipinski definition) is 4. The molecule has 1 saturated heterocycles. The van der Waals surface area contributed by atoms with E-state index in [1.165, 1.54) is 12.1 Å². The molecule has 2 aromatic carbocycles. The molecule has 0 saturated carbocycles. The molecule has 2 aliphatic rings. The molecule has 3 amide bonds. The number of carbonyl (C=O) groups is 3. The van der Waals surface area contributed by atoms with Gasteiger partial charge in [-0.3, -0.25) is 14.4 Å². The van der Waals surface area contributed by atoms with E-state index in [1.54, 1.807) is 47.0 Å². The topological polar surface area (TPSA) is 78.5 Å². The van der Waals surface area contributed by atoms with Crippen LogP contribution in [0.2, 0.25) is 0 Å². The van der Waals surface area contributed by atoms with E-state index in [9.17, 15) is 18.8 Å². The van der Waals surface area contributed by atoms with E-state index in [0.29, 0.717) is 24.9 Å². The van der Waals surface area contributed by atoms with Crippen molar-refractivity contribution >= 4 is 35.2 Å². The van der Waals surface area contributed by atoms with E-state index in [4.69, 9.17) is 0 Å². The van der Waals surface area contributed by atoms with E-state index in [0.717, 1.165) is 28.3 Å². The maximum atomic E-state index is 13.6. The summed E-state index contributed by atoms with van der Waals surface area (Å²) in [4.78, 5) is 39.2. The van der Waals surface area contributed by atoms with Crippen LogP contribution < -0.4 is 15.5 Å². The number of thioether (sulfide) groups is 1. The Balaban J connectivity index is 1.32. The first-order valence-corrected chi connectivity index (χ1v) is 10.9. The number of carbonyl (C=O) groups excluding carboxylic acids is 3. The summed E-state index contributed by atoms with van der Waals surface area (Å²) in [6, 6.07) is 11.1. The fourth-order valence-corrected chi connectivity index (χ4v) is 4.84. The lowest BCUT2D eigenvalue weighted by atomic mass is 10.0. The molecular formula is C22H22FN3O3S. The Kier molecular flexibility index (Phi) is 6.03. The Morgan fingerprint density at radius 2 is 1.97 bits per heavy atom. The lowest BCUT2D eigenvalue weighted by molar-refractivity contribution is -0.121. The maximum absolute atomic E-state index is 13.6. The largest absolute Gasteiger partial charge is 0.348 e. The fourth-order valence-electron chi connectivity index (χ4n) is 3.74. The molecule has 30 heavy (non-hydrogen) atoms. The summed E-state index contributed by atoms with van der Waals surface area (Å²) in [5.74, 6) is -0.0962. The molecule has 156 valence electrons. The van der Waals surface area contributed by atoms with Gasteiger partial charge in [-0.1, -0.05) is 0 Å². The quantitative estimate of drug-likeness (QED) is 0.769. The first kappa shape index (κ1) is 20.4. The van der Waals surface area contributed by atoms with Crippen molar-refractivity contribution < 1.29 is 18.8 Å². The second kappa shape index (κ2) is 8.87. The number of nitrogens with zero attached hydrogens (tertiary/aromatic N) is 1. The lowest BCUT2D eigenvalue weighted by Gasteiger charge is -2.26. The van der Waals surface area contributed by atoms with Crippen LogP contribution in [0.25, 0.3) is 0 Å². The normalized spacial score (nSPS) is 18.1. The zero-order chi connectivity index (χ0) is 21.1. The summed E-state index contributed by atoms with van der Waals surface area (Å²) in [5.41, 5.74) is 1.96. The highest BCUT2D eigenvalue weighted by atomic mass is 32.2. The predicted octanol–water partition coefficient (Wildman–Crippen LogP) is 3.04. The van der Waals surface area contributed by atoms with Crippen LogP contribution >= 0.6 is 11.8 Å². The van der Waals surface area contributed by atoms with Gasteiger partial charge in [0.25, 0.3) is 5.91 Å². The van der Waals surface area contributed by atoms with Gasteiger partial charge < -0.3 is 15.5 Å². The molecule has 1 fully saturated rings. The first-order chi connectivity index (χ1) is 14.5. The van der Waals surface area contributed by atoms with E-state index >= 15 is 0 Å². The Hall–Kier alpha value is -2.87. The van der Waals surface area contributed by atoms with Gasteiger partial charge in [0.15, 0.2) is 0 Å². The monoisotopic (exact) mass is 427 g/mol. The SMILES string of the molecule is O=C(CNC(=O)c1ccc(N2CCCC2=O)cc1)N[C@H]1CCSc2ccc(F)cc21. The van der Waals surface area contributed by atoms with Crippen molar-refractivity contribution in [3.05, 3.63) is 59.4 Å². The zero-order valence-corrected chi connectivity index (χ0v) is 17.1. The molecule has 2 aromatic rings. The van der Waals surface area contributed by atoms with Crippen molar-refractivity contribution in [1.82, 2.24) is 10.6 Å². The van der Waals surface area contributed by atoms with E-state index in [-0.39, 0.29) is 36.1 Å². The highest BCUT2D eigenvalue weighted by Crippen LogP contribution is 2.36. The van der Waals surface area contributed by atoms with Gasteiger partial charge in [-0.05, 0) is 60.9 Å². The summed E-state index contributed by atoms with van der Waals surface area (Å²) in [6.45, 7) is 0.525. The number of benzene rings is 2. The zero-order valence-electron chi connectivity index (χ0n) is 16.3. The second-order valence-corrected chi connectivity index (χ2v) is 8.45. The van der Waals surface area contributed by atoms with Gasteiger partial charge >= 0.3 is 0 Å². The van der Waals surface area contributed by atoms with Crippen molar-refractivity contribution in [3.8, 4) is 0 Å². The summed E-state index contributed by atoms with van der Waals surface area (Å²) in [7, 11) is 0.